The van der Waals surface area contributed by atoms with Crippen molar-refractivity contribution in [1.29, 1.82) is 0 Å². The maximum Gasteiger partial charge on any atom is 0.181 e. The van der Waals surface area contributed by atoms with E-state index < -0.39 is 0 Å². The van der Waals surface area contributed by atoms with Crippen molar-refractivity contribution in [1.82, 2.24) is 4.98 Å². The summed E-state index contributed by atoms with van der Waals surface area (Å²) in [6.07, 6.45) is 15.1. The Hall–Kier alpha value is -1.35. The molecule has 0 saturated heterocycles. The van der Waals surface area contributed by atoms with Gasteiger partial charge in [-0.15, -0.1) is 0 Å². The van der Waals surface area contributed by atoms with E-state index in [2.05, 4.69) is 38.8 Å². The predicted octanol–water partition coefficient (Wildman–Crippen LogP) is 6.41. The summed E-state index contributed by atoms with van der Waals surface area (Å²) in [5, 5.41) is 10.4. The average molecular weight is 396 g/mol. The van der Waals surface area contributed by atoms with E-state index in [0.717, 1.165) is 43.2 Å². The van der Waals surface area contributed by atoms with Gasteiger partial charge in [-0.1, -0.05) is 44.9 Å². The fourth-order valence-electron chi connectivity index (χ4n) is 8.11. The highest BCUT2D eigenvalue weighted by atomic mass is 16.3. The Kier molecular flexibility index (Phi) is 4.62. The van der Waals surface area contributed by atoms with Crippen molar-refractivity contribution in [3.8, 4) is 0 Å². The summed E-state index contributed by atoms with van der Waals surface area (Å²) >= 11 is 0. The van der Waals surface area contributed by atoms with Crippen LogP contribution in [-0.4, -0.2) is 16.2 Å². The van der Waals surface area contributed by atoms with Crippen LogP contribution in [-0.2, 0) is 0 Å². The summed E-state index contributed by atoms with van der Waals surface area (Å²) in [6, 6.07) is 0. The van der Waals surface area contributed by atoms with Gasteiger partial charge in [-0.25, -0.2) is 4.98 Å². The molecule has 1 N–H and O–H groups in total. The van der Waals surface area contributed by atoms with E-state index in [0.29, 0.717) is 17.3 Å². The molecule has 1 aromatic rings. The molecule has 1 heterocycles. The monoisotopic (exact) mass is 395 g/mol. The molecule has 0 amide bonds. The SMILES string of the molecule is CCC1=C(c2cocn2)[C@@]2(C)CC[C@@H]3[C@@H](C(CC)C=C4CC(O)CC[C@@]43C)[C@@H]2C1. The molecule has 0 aromatic carbocycles. The van der Waals surface area contributed by atoms with E-state index in [4.69, 9.17) is 4.42 Å². The zero-order valence-electron chi connectivity index (χ0n) is 18.6. The van der Waals surface area contributed by atoms with E-state index in [1.807, 2.05) is 6.26 Å². The molecule has 2 saturated carbocycles. The molecule has 3 nitrogen and oxygen atoms in total. The maximum atomic E-state index is 10.4. The Labute approximate surface area is 175 Å². The van der Waals surface area contributed by atoms with Crippen LogP contribution in [0.4, 0.5) is 0 Å². The molecule has 7 atom stereocenters. The molecule has 0 spiro atoms. The third-order valence-electron chi connectivity index (χ3n) is 9.61. The fraction of sp³-hybridized carbons (Fsp3) is 0.731. The van der Waals surface area contributed by atoms with Crippen LogP contribution in [0.25, 0.3) is 5.57 Å². The molecule has 2 unspecified atom stereocenters. The molecular weight excluding hydrogens is 358 g/mol. The number of aliphatic hydroxyl groups excluding tert-OH is 1. The lowest BCUT2D eigenvalue weighted by Crippen LogP contribution is -2.52. The molecule has 5 rings (SSSR count). The number of oxazole rings is 1. The summed E-state index contributed by atoms with van der Waals surface area (Å²) in [4.78, 5) is 4.60. The zero-order valence-corrected chi connectivity index (χ0v) is 18.6. The van der Waals surface area contributed by atoms with Crippen molar-refractivity contribution in [3.63, 3.8) is 0 Å². The number of aromatic nitrogens is 1. The minimum atomic E-state index is -0.129. The van der Waals surface area contributed by atoms with Gasteiger partial charge in [0, 0.05) is 0 Å². The second kappa shape index (κ2) is 6.83. The van der Waals surface area contributed by atoms with Gasteiger partial charge >= 0.3 is 0 Å². The molecule has 0 aliphatic heterocycles. The first-order valence-corrected chi connectivity index (χ1v) is 11.9. The molecular formula is C26H37NO2. The first kappa shape index (κ1) is 19.6. The zero-order chi connectivity index (χ0) is 20.4. The van der Waals surface area contributed by atoms with Gasteiger partial charge in [0.1, 0.15) is 12.0 Å². The highest BCUT2D eigenvalue weighted by Gasteiger charge is 2.60. The van der Waals surface area contributed by atoms with Gasteiger partial charge < -0.3 is 9.52 Å². The van der Waals surface area contributed by atoms with Crippen LogP contribution in [0.15, 0.2) is 34.3 Å². The Morgan fingerprint density at radius 1 is 1.10 bits per heavy atom. The number of aliphatic hydroxyl groups is 1. The average Bonchev–Trinajstić information content (AvgIpc) is 3.32. The lowest BCUT2D eigenvalue weighted by atomic mass is 9.45. The molecule has 4 aliphatic carbocycles. The van der Waals surface area contributed by atoms with Crippen LogP contribution in [0.3, 0.4) is 0 Å². The van der Waals surface area contributed by atoms with Crippen molar-refractivity contribution in [2.75, 3.05) is 0 Å². The second-order valence-electron chi connectivity index (χ2n) is 10.7. The summed E-state index contributed by atoms with van der Waals surface area (Å²) in [5.41, 5.74) is 6.28. The number of fused-ring (bicyclic) bond motifs is 5. The molecule has 0 bridgehead atoms. The normalized spacial score (nSPS) is 44.2. The first-order valence-electron chi connectivity index (χ1n) is 11.9. The minimum absolute atomic E-state index is 0.129. The lowest BCUT2D eigenvalue weighted by Gasteiger charge is -2.59. The lowest BCUT2D eigenvalue weighted by molar-refractivity contribution is -0.0468. The number of nitrogens with zero attached hydrogens (tertiary/aromatic N) is 1. The first-order chi connectivity index (χ1) is 13.9. The largest absolute Gasteiger partial charge is 0.451 e. The van der Waals surface area contributed by atoms with Crippen LogP contribution < -0.4 is 0 Å². The third-order valence-corrected chi connectivity index (χ3v) is 9.61. The van der Waals surface area contributed by atoms with Crippen LogP contribution in [0.2, 0.25) is 0 Å². The molecule has 3 heteroatoms. The number of hydrogen-bond donors (Lipinski definition) is 1. The van der Waals surface area contributed by atoms with Crippen molar-refractivity contribution in [2.24, 2.45) is 34.5 Å². The number of hydrogen-bond acceptors (Lipinski definition) is 3. The summed E-state index contributed by atoms with van der Waals surface area (Å²) in [6.45, 7) is 9.74. The Balaban J connectivity index is 1.58. The fourth-order valence-corrected chi connectivity index (χ4v) is 8.11. The molecule has 2 fully saturated rings. The quantitative estimate of drug-likeness (QED) is 0.602. The maximum absolute atomic E-state index is 10.4. The van der Waals surface area contributed by atoms with Gasteiger partial charge in [-0.2, -0.15) is 0 Å². The third kappa shape index (κ3) is 2.69. The van der Waals surface area contributed by atoms with E-state index >= 15 is 0 Å². The molecule has 29 heavy (non-hydrogen) atoms. The van der Waals surface area contributed by atoms with E-state index in [9.17, 15) is 5.11 Å². The summed E-state index contributed by atoms with van der Waals surface area (Å²) < 4.78 is 5.41. The molecule has 0 radical (unpaired) electrons. The minimum Gasteiger partial charge on any atom is -0.451 e. The van der Waals surface area contributed by atoms with E-state index in [1.54, 1.807) is 17.5 Å². The Morgan fingerprint density at radius 3 is 2.59 bits per heavy atom. The van der Waals surface area contributed by atoms with Crippen molar-refractivity contribution in [3.05, 3.63) is 35.6 Å². The molecule has 4 aliphatic rings. The highest BCUT2D eigenvalue weighted by Crippen LogP contribution is 2.68. The van der Waals surface area contributed by atoms with Gasteiger partial charge in [0.25, 0.3) is 0 Å². The van der Waals surface area contributed by atoms with Crippen molar-refractivity contribution < 1.29 is 9.52 Å². The van der Waals surface area contributed by atoms with Crippen LogP contribution >= 0.6 is 0 Å². The molecule has 158 valence electrons. The van der Waals surface area contributed by atoms with Crippen LogP contribution in [0, 0.1) is 34.5 Å². The van der Waals surface area contributed by atoms with Gasteiger partial charge in [0.15, 0.2) is 6.39 Å². The predicted molar refractivity (Wildman–Crippen MR) is 116 cm³/mol. The van der Waals surface area contributed by atoms with Gasteiger partial charge in [0.05, 0.1) is 6.10 Å². The standard InChI is InChI=1S/C26H37NO2/c1-5-16-11-18-13-19(28)7-9-25(18,3)20-8-10-26(4)21(23(16)20)12-17(6-2)24(26)22-14-29-15-27-22/h11,14-16,19-21,23,28H,5-10,12-13H2,1-4H3/t16?,19?,20-,21+,23-,25+,26+/m1/s1. The van der Waals surface area contributed by atoms with E-state index in [-0.39, 0.29) is 11.5 Å². The van der Waals surface area contributed by atoms with E-state index in [1.165, 1.54) is 31.3 Å². The van der Waals surface area contributed by atoms with Crippen LogP contribution in [0.5, 0.6) is 0 Å². The summed E-state index contributed by atoms with van der Waals surface area (Å²) in [5.74, 6) is 2.85. The number of allylic oxidation sites excluding steroid dienone is 3. The van der Waals surface area contributed by atoms with Gasteiger partial charge in [0.2, 0.25) is 0 Å². The Morgan fingerprint density at radius 2 is 1.90 bits per heavy atom. The van der Waals surface area contributed by atoms with Crippen molar-refractivity contribution >= 4 is 5.57 Å². The smallest absolute Gasteiger partial charge is 0.181 e. The molecule has 1 aromatic heterocycles. The summed E-state index contributed by atoms with van der Waals surface area (Å²) in [7, 11) is 0. The second-order valence-corrected chi connectivity index (χ2v) is 10.7. The van der Waals surface area contributed by atoms with Crippen LogP contribution in [0.1, 0.15) is 84.8 Å². The van der Waals surface area contributed by atoms with Gasteiger partial charge in [-0.05, 0) is 91.4 Å². The topological polar surface area (TPSA) is 46.3 Å². The van der Waals surface area contributed by atoms with Gasteiger partial charge in [-0.3, -0.25) is 0 Å². The highest BCUT2D eigenvalue weighted by molar-refractivity contribution is 5.73. The number of rotatable bonds is 3. The Bertz CT molecular complexity index is 837. The van der Waals surface area contributed by atoms with Crippen molar-refractivity contribution in [2.45, 2.75) is 85.2 Å².